The monoisotopic (exact) mass is 251 g/mol. The molecule has 0 saturated carbocycles. The third-order valence-electron chi connectivity index (χ3n) is 3.79. The van der Waals surface area contributed by atoms with E-state index in [0.29, 0.717) is 6.42 Å². The van der Waals surface area contributed by atoms with E-state index in [4.69, 9.17) is 5.26 Å². The van der Waals surface area contributed by atoms with Gasteiger partial charge in [-0.3, -0.25) is 0 Å². The molecule has 1 aliphatic heterocycles. The van der Waals surface area contributed by atoms with E-state index in [0.717, 1.165) is 13.0 Å². The van der Waals surface area contributed by atoms with Crippen LogP contribution in [0.1, 0.15) is 46.5 Å². The molecular formula is C15H29N3. The third kappa shape index (κ3) is 5.84. The molecule has 0 amide bonds. The van der Waals surface area contributed by atoms with E-state index in [1.807, 2.05) is 0 Å². The van der Waals surface area contributed by atoms with Gasteiger partial charge in [-0.15, -0.1) is 0 Å². The van der Waals surface area contributed by atoms with Gasteiger partial charge in [0.05, 0.1) is 6.07 Å². The van der Waals surface area contributed by atoms with Crippen LogP contribution in [0.25, 0.3) is 0 Å². The van der Waals surface area contributed by atoms with Crippen molar-refractivity contribution < 1.29 is 0 Å². The summed E-state index contributed by atoms with van der Waals surface area (Å²) in [4.78, 5) is 5.18. The van der Waals surface area contributed by atoms with Crippen LogP contribution in [-0.2, 0) is 0 Å². The number of hydrogen-bond donors (Lipinski definition) is 0. The summed E-state index contributed by atoms with van der Waals surface area (Å²) < 4.78 is 0. The first-order valence-corrected chi connectivity index (χ1v) is 7.39. The highest BCUT2D eigenvalue weighted by atomic mass is 15.2. The smallest absolute Gasteiger partial charge is 0.0621 e. The lowest BCUT2D eigenvalue weighted by Crippen LogP contribution is -2.37. The van der Waals surface area contributed by atoms with Gasteiger partial charge in [0.1, 0.15) is 0 Å². The summed E-state index contributed by atoms with van der Waals surface area (Å²) in [7, 11) is 0. The van der Waals surface area contributed by atoms with E-state index in [-0.39, 0.29) is 5.41 Å². The average molecular weight is 251 g/mol. The Labute approximate surface area is 113 Å². The van der Waals surface area contributed by atoms with Crippen LogP contribution in [0.4, 0.5) is 0 Å². The number of hydrogen-bond acceptors (Lipinski definition) is 3. The largest absolute Gasteiger partial charge is 0.302 e. The summed E-state index contributed by atoms with van der Waals surface area (Å²) >= 11 is 0. The molecule has 0 unspecified atom stereocenters. The molecule has 0 aromatic rings. The molecule has 0 bridgehead atoms. The van der Waals surface area contributed by atoms with Crippen LogP contribution in [0.5, 0.6) is 0 Å². The highest BCUT2D eigenvalue weighted by Gasteiger charge is 2.23. The summed E-state index contributed by atoms with van der Waals surface area (Å²) in [6, 6.07) is 2.27. The second-order valence-corrected chi connectivity index (χ2v) is 6.29. The van der Waals surface area contributed by atoms with Crippen LogP contribution in [-0.4, -0.2) is 49.1 Å². The standard InChI is InChI=1S/C15H29N3/c1-4-9-17-10-6-11-18(13-12-17)14-15(2,3)7-5-8-16/h4-7,9-14H2,1-3H3. The van der Waals surface area contributed by atoms with Gasteiger partial charge in [0.15, 0.2) is 0 Å². The molecule has 1 fully saturated rings. The van der Waals surface area contributed by atoms with Crippen molar-refractivity contribution >= 4 is 0 Å². The van der Waals surface area contributed by atoms with E-state index in [2.05, 4.69) is 36.6 Å². The Bertz CT molecular complexity index is 267. The quantitative estimate of drug-likeness (QED) is 0.727. The van der Waals surface area contributed by atoms with Gasteiger partial charge in [-0.2, -0.15) is 5.26 Å². The zero-order chi connectivity index (χ0) is 13.4. The van der Waals surface area contributed by atoms with E-state index >= 15 is 0 Å². The second-order valence-electron chi connectivity index (χ2n) is 6.29. The summed E-state index contributed by atoms with van der Waals surface area (Å²) in [5.41, 5.74) is 0.273. The number of rotatable bonds is 6. The van der Waals surface area contributed by atoms with Crippen LogP contribution >= 0.6 is 0 Å². The Kier molecular flexibility index (Phi) is 6.67. The molecule has 0 N–H and O–H groups in total. The average Bonchev–Trinajstić information content (AvgIpc) is 2.53. The topological polar surface area (TPSA) is 30.3 Å². The molecule has 0 aliphatic carbocycles. The van der Waals surface area contributed by atoms with E-state index in [9.17, 15) is 0 Å². The van der Waals surface area contributed by atoms with Crippen molar-refractivity contribution in [3.8, 4) is 6.07 Å². The number of nitrogens with zero attached hydrogens (tertiary/aromatic N) is 3. The van der Waals surface area contributed by atoms with Crippen LogP contribution in [0.15, 0.2) is 0 Å². The molecule has 0 radical (unpaired) electrons. The fraction of sp³-hybridized carbons (Fsp3) is 0.933. The van der Waals surface area contributed by atoms with Crippen molar-refractivity contribution in [2.24, 2.45) is 5.41 Å². The molecule has 0 aromatic carbocycles. The van der Waals surface area contributed by atoms with E-state index in [1.165, 1.54) is 45.6 Å². The maximum atomic E-state index is 8.70. The van der Waals surface area contributed by atoms with Crippen molar-refractivity contribution in [3.63, 3.8) is 0 Å². The lowest BCUT2D eigenvalue weighted by molar-refractivity contribution is 0.172. The van der Waals surface area contributed by atoms with Gasteiger partial charge in [0, 0.05) is 26.1 Å². The highest BCUT2D eigenvalue weighted by Crippen LogP contribution is 2.24. The zero-order valence-corrected chi connectivity index (χ0v) is 12.4. The fourth-order valence-corrected chi connectivity index (χ4v) is 2.80. The van der Waals surface area contributed by atoms with Gasteiger partial charge >= 0.3 is 0 Å². The van der Waals surface area contributed by atoms with Gasteiger partial charge in [-0.05, 0) is 44.3 Å². The molecule has 1 aliphatic rings. The molecule has 18 heavy (non-hydrogen) atoms. The highest BCUT2D eigenvalue weighted by molar-refractivity contribution is 4.81. The molecule has 1 saturated heterocycles. The Morgan fingerprint density at radius 2 is 1.78 bits per heavy atom. The molecule has 3 nitrogen and oxygen atoms in total. The predicted molar refractivity (Wildman–Crippen MR) is 76.4 cm³/mol. The maximum absolute atomic E-state index is 8.70. The lowest BCUT2D eigenvalue weighted by atomic mass is 9.87. The molecule has 0 spiro atoms. The van der Waals surface area contributed by atoms with Crippen molar-refractivity contribution in [1.82, 2.24) is 9.80 Å². The van der Waals surface area contributed by atoms with E-state index < -0.39 is 0 Å². The Balaban J connectivity index is 2.36. The van der Waals surface area contributed by atoms with Gasteiger partial charge in [-0.1, -0.05) is 20.8 Å². The molecule has 0 atom stereocenters. The molecule has 3 heteroatoms. The fourth-order valence-electron chi connectivity index (χ4n) is 2.80. The predicted octanol–water partition coefficient (Wildman–Crippen LogP) is 2.73. The van der Waals surface area contributed by atoms with Crippen LogP contribution in [0, 0.1) is 16.7 Å². The summed E-state index contributed by atoms with van der Waals surface area (Å²) in [5, 5.41) is 8.70. The minimum Gasteiger partial charge on any atom is -0.302 e. The molecule has 1 heterocycles. The van der Waals surface area contributed by atoms with Gasteiger partial charge in [0.25, 0.3) is 0 Å². The van der Waals surface area contributed by atoms with E-state index in [1.54, 1.807) is 0 Å². The minimum atomic E-state index is 0.273. The molecule has 1 rings (SSSR count). The Hall–Kier alpha value is -0.590. The maximum Gasteiger partial charge on any atom is 0.0621 e. The lowest BCUT2D eigenvalue weighted by Gasteiger charge is -2.31. The first kappa shape index (κ1) is 15.5. The molecule has 0 aromatic heterocycles. The molecule has 104 valence electrons. The number of nitriles is 1. The van der Waals surface area contributed by atoms with Crippen molar-refractivity contribution in [3.05, 3.63) is 0 Å². The first-order valence-electron chi connectivity index (χ1n) is 7.39. The Morgan fingerprint density at radius 3 is 2.44 bits per heavy atom. The molecular weight excluding hydrogens is 222 g/mol. The SMILES string of the molecule is CCCN1CCCN(CC(C)(C)CCC#N)CC1. The second kappa shape index (κ2) is 7.76. The van der Waals surface area contributed by atoms with Crippen LogP contribution in [0.2, 0.25) is 0 Å². The van der Waals surface area contributed by atoms with Crippen molar-refractivity contribution in [1.29, 1.82) is 5.26 Å². The normalized spacial score (nSPS) is 19.4. The minimum absolute atomic E-state index is 0.273. The van der Waals surface area contributed by atoms with Crippen molar-refractivity contribution in [2.45, 2.75) is 46.5 Å². The first-order chi connectivity index (χ1) is 8.57. The van der Waals surface area contributed by atoms with Gasteiger partial charge in [0.2, 0.25) is 0 Å². The third-order valence-corrected chi connectivity index (χ3v) is 3.79. The summed E-state index contributed by atoms with van der Waals surface area (Å²) in [5.74, 6) is 0. The zero-order valence-electron chi connectivity index (χ0n) is 12.4. The van der Waals surface area contributed by atoms with Crippen LogP contribution < -0.4 is 0 Å². The van der Waals surface area contributed by atoms with Gasteiger partial charge < -0.3 is 9.80 Å². The Morgan fingerprint density at radius 1 is 1.11 bits per heavy atom. The van der Waals surface area contributed by atoms with Gasteiger partial charge in [-0.25, -0.2) is 0 Å². The van der Waals surface area contributed by atoms with Crippen LogP contribution in [0.3, 0.4) is 0 Å². The summed E-state index contributed by atoms with van der Waals surface area (Å²) in [6.07, 6.45) is 4.24. The van der Waals surface area contributed by atoms with Crippen molar-refractivity contribution in [2.75, 3.05) is 39.3 Å². The summed E-state index contributed by atoms with van der Waals surface area (Å²) in [6.45, 7) is 14.1.